The maximum absolute atomic E-state index is 12.3. The van der Waals surface area contributed by atoms with Gasteiger partial charge in [-0.25, -0.2) is 0 Å². The second-order valence-electron chi connectivity index (χ2n) is 5.74. The average molecular weight is 498 g/mol. The highest BCUT2D eigenvalue weighted by Gasteiger charge is 2.11. The van der Waals surface area contributed by atoms with Gasteiger partial charge >= 0.3 is 0 Å². The summed E-state index contributed by atoms with van der Waals surface area (Å²) in [4.78, 5) is 13.0. The van der Waals surface area contributed by atoms with Gasteiger partial charge in [-0.15, -0.1) is 11.3 Å². The summed E-state index contributed by atoms with van der Waals surface area (Å²) in [5.74, 6) is 1.05. The van der Waals surface area contributed by atoms with Crippen LogP contribution in [0.2, 0.25) is 10.0 Å². The molecule has 0 unspecified atom stereocenters. The van der Waals surface area contributed by atoms with E-state index in [4.69, 9.17) is 32.7 Å². The molecule has 0 aliphatic carbocycles. The number of carbonyl (C=O) groups is 1. The number of thiophene rings is 1. The van der Waals surface area contributed by atoms with Gasteiger partial charge < -0.3 is 9.47 Å². The molecule has 1 aromatic heterocycles. The van der Waals surface area contributed by atoms with Crippen LogP contribution in [0.1, 0.15) is 20.8 Å². The number of rotatable bonds is 7. The summed E-state index contributed by atoms with van der Waals surface area (Å²) in [6.07, 6.45) is 3.25. The molecule has 0 saturated heterocycles. The van der Waals surface area contributed by atoms with Crippen molar-refractivity contribution >= 4 is 62.3 Å². The molecular weight excluding hydrogens is 483 g/mol. The van der Waals surface area contributed by atoms with Crippen molar-refractivity contribution in [3.63, 3.8) is 0 Å². The van der Waals surface area contributed by atoms with E-state index in [0.29, 0.717) is 26.4 Å². The molecule has 1 heterocycles. The Balaban J connectivity index is 1.82. The molecule has 0 bridgehead atoms. The van der Waals surface area contributed by atoms with Crippen molar-refractivity contribution in [2.75, 3.05) is 7.11 Å². The number of methoxy groups -OCH3 is 1. The second kappa shape index (κ2) is 9.61. The Kier molecular flexibility index (Phi) is 7.18. The van der Waals surface area contributed by atoms with E-state index in [0.717, 1.165) is 15.6 Å². The van der Waals surface area contributed by atoms with Crippen LogP contribution in [-0.2, 0) is 6.61 Å². The molecule has 3 nitrogen and oxygen atoms in total. The zero-order chi connectivity index (χ0) is 20.1. The Morgan fingerprint density at radius 2 is 2.00 bits per heavy atom. The van der Waals surface area contributed by atoms with E-state index in [2.05, 4.69) is 15.9 Å². The lowest BCUT2D eigenvalue weighted by Gasteiger charge is -2.13. The van der Waals surface area contributed by atoms with Gasteiger partial charge in [-0.1, -0.05) is 41.4 Å². The monoisotopic (exact) mass is 496 g/mol. The predicted octanol–water partition coefficient (Wildman–Crippen LogP) is 7.30. The van der Waals surface area contributed by atoms with Gasteiger partial charge in [-0.3, -0.25) is 4.79 Å². The maximum atomic E-state index is 12.3. The number of halogens is 3. The van der Waals surface area contributed by atoms with Crippen molar-refractivity contribution in [1.29, 1.82) is 0 Å². The highest BCUT2D eigenvalue weighted by Crippen LogP contribution is 2.33. The number of ketones is 1. The lowest BCUT2D eigenvalue weighted by atomic mass is 10.1. The fourth-order valence-corrected chi connectivity index (χ4v) is 4.12. The number of para-hydroxylation sites is 1. The van der Waals surface area contributed by atoms with E-state index >= 15 is 0 Å². The highest BCUT2D eigenvalue weighted by atomic mass is 79.9. The molecule has 144 valence electrons. The number of hydrogen-bond acceptors (Lipinski definition) is 4. The molecule has 0 aliphatic rings. The minimum absolute atomic E-state index is 0.0750. The molecule has 2 aromatic carbocycles. The van der Waals surface area contributed by atoms with Crippen LogP contribution >= 0.6 is 50.5 Å². The van der Waals surface area contributed by atoms with Crippen LogP contribution in [0.25, 0.3) is 6.08 Å². The highest BCUT2D eigenvalue weighted by molar-refractivity contribution is 9.10. The van der Waals surface area contributed by atoms with Crippen LogP contribution in [0, 0.1) is 0 Å². The number of benzene rings is 2. The molecule has 0 amide bonds. The largest absolute Gasteiger partial charge is 0.493 e. The number of hydrogen-bond donors (Lipinski definition) is 0. The SMILES string of the molecule is COc1cccc(/C=C/C(=O)c2cc(Br)cs2)c1OCc1ccc(Cl)c(Cl)c1. The van der Waals surface area contributed by atoms with Crippen molar-refractivity contribution in [2.24, 2.45) is 0 Å². The Bertz CT molecular complexity index is 1030. The van der Waals surface area contributed by atoms with Crippen LogP contribution in [0.15, 0.2) is 58.4 Å². The molecule has 0 radical (unpaired) electrons. The Morgan fingerprint density at radius 3 is 2.68 bits per heavy atom. The molecule has 0 aliphatic heterocycles. The van der Waals surface area contributed by atoms with Crippen molar-refractivity contribution in [3.8, 4) is 11.5 Å². The second-order valence-corrected chi connectivity index (χ2v) is 8.38. The normalized spacial score (nSPS) is 11.0. The third-order valence-electron chi connectivity index (χ3n) is 3.82. The Hall–Kier alpha value is -1.79. The van der Waals surface area contributed by atoms with Crippen molar-refractivity contribution in [1.82, 2.24) is 0 Å². The molecule has 3 aromatic rings. The van der Waals surface area contributed by atoms with E-state index in [9.17, 15) is 4.79 Å². The zero-order valence-corrected chi connectivity index (χ0v) is 18.7. The van der Waals surface area contributed by atoms with Crippen LogP contribution in [0.5, 0.6) is 11.5 Å². The first-order valence-electron chi connectivity index (χ1n) is 8.18. The topological polar surface area (TPSA) is 35.5 Å². The van der Waals surface area contributed by atoms with Gasteiger partial charge in [0.1, 0.15) is 6.61 Å². The fraction of sp³-hybridized carbons (Fsp3) is 0.0952. The number of allylic oxidation sites excluding steroid dienone is 1. The van der Waals surface area contributed by atoms with Gasteiger partial charge in [0.25, 0.3) is 0 Å². The smallest absolute Gasteiger partial charge is 0.195 e. The van der Waals surface area contributed by atoms with Crippen molar-refractivity contribution in [2.45, 2.75) is 6.61 Å². The average Bonchev–Trinajstić information content (AvgIpc) is 3.13. The summed E-state index contributed by atoms with van der Waals surface area (Å²) in [5, 5.41) is 2.83. The zero-order valence-electron chi connectivity index (χ0n) is 14.7. The molecule has 3 rings (SSSR count). The Labute approximate surface area is 185 Å². The van der Waals surface area contributed by atoms with E-state index in [1.165, 1.54) is 17.4 Å². The molecule has 28 heavy (non-hydrogen) atoms. The minimum Gasteiger partial charge on any atom is -0.493 e. The predicted molar refractivity (Wildman–Crippen MR) is 119 cm³/mol. The maximum Gasteiger partial charge on any atom is 0.195 e. The summed E-state index contributed by atoms with van der Waals surface area (Å²) in [6, 6.07) is 12.6. The van der Waals surface area contributed by atoms with Gasteiger partial charge in [-0.05, 0) is 57.9 Å². The molecule has 0 fully saturated rings. The summed E-state index contributed by atoms with van der Waals surface area (Å²) in [6.45, 7) is 0.282. The van der Waals surface area contributed by atoms with Gasteiger partial charge in [-0.2, -0.15) is 0 Å². The quantitative estimate of drug-likeness (QED) is 0.253. The number of carbonyl (C=O) groups excluding carboxylic acids is 1. The van der Waals surface area contributed by atoms with Crippen molar-refractivity contribution in [3.05, 3.63) is 84.4 Å². The first-order chi connectivity index (χ1) is 13.5. The van der Waals surface area contributed by atoms with Crippen LogP contribution in [0.4, 0.5) is 0 Å². The van der Waals surface area contributed by atoms with Gasteiger partial charge in [0.2, 0.25) is 0 Å². The Morgan fingerprint density at radius 1 is 1.18 bits per heavy atom. The summed E-state index contributed by atoms with van der Waals surface area (Å²) < 4.78 is 12.3. The van der Waals surface area contributed by atoms with Gasteiger partial charge in [0.05, 0.1) is 22.0 Å². The van der Waals surface area contributed by atoms with Crippen LogP contribution < -0.4 is 9.47 Å². The number of ether oxygens (including phenoxy) is 2. The van der Waals surface area contributed by atoms with Gasteiger partial charge in [0, 0.05) is 15.4 Å². The first-order valence-corrected chi connectivity index (χ1v) is 10.6. The molecule has 0 N–H and O–H groups in total. The molecule has 0 spiro atoms. The summed E-state index contributed by atoms with van der Waals surface area (Å²) in [7, 11) is 1.57. The van der Waals surface area contributed by atoms with Crippen molar-refractivity contribution < 1.29 is 14.3 Å². The van der Waals surface area contributed by atoms with Gasteiger partial charge in [0.15, 0.2) is 17.3 Å². The van der Waals surface area contributed by atoms with E-state index in [1.54, 1.807) is 37.5 Å². The molecule has 0 saturated carbocycles. The third kappa shape index (κ3) is 5.17. The lowest BCUT2D eigenvalue weighted by molar-refractivity contribution is 0.105. The summed E-state index contributed by atoms with van der Waals surface area (Å²) in [5.41, 5.74) is 1.61. The third-order valence-corrected chi connectivity index (χ3v) is 6.27. The molecular formula is C21H15BrCl2O3S. The fourth-order valence-electron chi connectivity index (χ4n) is 2.45. The molecule has 0 atom stereocenters. The first kappa shape index (κ1) is 20.9. The van der Waals surface area contributed by atoms with Crippen LogP contribution in [-0.4, -0.2) is 12.9 Å². The summed E-state index contributed by atoms with van der Waals surface area (Å²) >= 11 is 16.8. The molecule has 7 heteroatoms. The standard InChI is InChI=1S/C21H15BrCl2O3S/c1-26-19-4-2-3-14(6-8-18(25)20-10-15(22)12-28-20)21(19)27-11-13-5-7-16(23)17(24)9-13/h2-10,12H,11H2,1H3/b8-6+. The van der Waals surface area contributed by atoms with E-state index < -0.39 is 0 Å². The van der Waals surface area contributed by atoms with E-state index in [-0.39, 0.29) is 12.4 Å². The lowest BCUT2D eigenvalue weighted by Crippen LogP contribution is -2.00. The van der Waals surface area contributed by atoms with E-state index in [1.807, 2.05) is 23.6 Å². The minimum atomic E-state index is -0.0750. The van der Waals surface area contributed by atoms with Crippen LogP contribution in [0.3, 0.4) is 0 Å².